The fourth-order valence-electron chi connectivity index (χ4n) is 1.74. The summed E-state index contributed by atoms with van der Waals surface area (Å²) in [5, 5.41) is 9.68. The summed E-state index contributed by atoms with van der Waals surface area (Å²) in [7, 11) is 0. The molecule has 3 aliphatic rings. The first kappa shape index (κ1) is 7.21. The zero-order valence-corrected chi connectivity index (χ0v) is 7.12. The molecule has 2 heterocycles. The molecule has 0 aromatic heterocycles. The van der Waals surface area contributed by atoms with Gasteiger partial charge in [-0.05, 0) is 12.2 Å². The molecule has 0 spiro atoms. The quantitative estimate of drug-likeness (QED) is 0.606. The monoisotopic (exact) mass is 178 g/mol. The maximum absolute atomic E-state index is 9.68. The van der Waals surface area contributed by atoms with Gasteiger partial charge in [-0.15, -0.1) is 0 Å². The topological polar surface area (TPSA) is 42.0 Å². The van der Waals surface area contributed by atoms with Crippen molar-refractivity contribution in [2.45, 2.75) is 18.9 Å². The van der Waals surface area contributed by atoms with Crippen LogP contribution in [0.1, 0.15) is 12.8 Å². The van der Waals surface area contributed by atoms with Crippen molar-refractivity contribution in [3.8, 4) is 0 Å². The van der Waals surface area contributed by atoms with Crippen molar-refractivity contribution in [1.82, 2.24) is 0 Å². The molecule has 1 aliphatic carbocycles. The molecule has 3 rings (SSSR count). The third-order valence-electron chi connectivity index (χ3n) is 2.55. The lowest BCUT2D eigenvalue weighted by atomic mass is 10.0. The van der Waals surface area contributed by atoms with Gasteiger partial charge in [0.05, 0.1) is 19.1 Å². The molecule has 3 heteroatoms. The second-order valence-electron chi connectivity index (χ2n) is 3.43. The summed E-state index contributed by atoms with van der Waals surface area (Å²) in [5.41, 5.74) is 0.919. The molecule has 2 aliphatic heterocycles. The molecule has 0 radical (unpaired) electrons. The number of hydrogen-bond donors (Lipinski definition) is 1. The van der Waals surface area contributed by atoms with E-state index in [1.807, 2.05) is 12.2 Å². The Morgan fingerprint density at radius 2 is 2.23 bits per heavy atom. The van der Waals surface area contributed by atoms with Crippen molar-refractivity contribution in [2.75, 3.05) is 6.61 Å². The number of rotatable bonds is 0. The Kier molecular flexibility index (Phi) is 1.32. The molecule has 0 amide bonds. The van der Waals surface area contributed by atoms with Crippen LogP contribution in [0.3, 0.4) is 0 Å². The van der Waals surface area contributed by atoms with E-state index >= 15 is 0 Å². The van der Waals surface area contributed by atoms with Crippen LogP contribution in [0, 0.1) is 0 Å². The number of aliphatic hydroxyl groups is 1. The molecule has 0 fully saturated rings. The Labute approximate surface area is 76.0 Å². The van der Waals surface area contributed by atoms with E-state index in [1.165, 1.54) is 0 Å². The number of ether oxygens (including phenoxy) is 2. The predicted octanol–water partition coefficient (Wildman–Crippen LogP) is 1.22. The molecular formula is C10H10O3. The van der Waals surface area contributed by atoms with Crippen LogP contribution >= 0.6 is 0 Å². The van der Waals surface area contributed by atoms with E-state index in [2.05, 4.69) is 0 Å². The first-order valence-electron chi connectivity index (χ1n) is 4.47. The van der Waals surface area contributed by atoms with Gasteiger partial charge in [0.25, 0.3) is 0 Å². The number of hydrogen-bond acceptors (Lipinski definition) is 3. The van der Waals surface area contributed by atoms with Gasteiger partial charge in [-0.1, -0.05) is 0 Å². The summed E-state index contributed by atoms with van der Waals surface area (Å²) in [6.07, 6.45) is 4.83. The van der Waals surface area contributed by atoms with Crippen molar-refractivity contribution < 1.29 is 14.6 Å². The van der Waals surface area contributed by atoms with E-state index in [0.29, 0.717) is 19.4 Å². The molecule has 0 aromatic rings. The molecule has 68 valence electrons. The van der Waals surface area contributed by atoms with Crippen molar-refractivity contribution in [3.63, 3.8) is 0 Å². The smallest absolute Gasteiger partial charge is 0.165 e. The van der Waals surface area contributed by atoms with Crippen LogP contribution in [0.25, 0.3) is 0 Å². The van der Waals surface area contributed by atoms with Crippen molar-refractivity contribution in [3.05, 3.63) is 35.0 Å². The van der Waals surface area contributed by atoms with Gasteiger partial charge >= 0.3 is 0 Å². The van der Waals surface area contributed by atoms with E-state index in [-0.39, 0.29) is 6.10 Å². The summed E-state index contributed by atoms with van der Waals surface area (Å²) in [6.45, 7) is 0.608. The Bertz CT molecular complexity index is 349. The van der Waals surface area contributed by atoms with Crippen LogP contribution in [0.4, 0.5) is 0 Å². The minimum atomic E-state index is -0.362. The molecule has 1 unspecified atom stereocenters. The van der Waals surface area contributed by atoms with Crippen LogP contribution in [0.15, 0.2) is 35.0 Å². The van der Waals surface area contributed by atoms with E-state index in [9.17, 15) is 5.11 Å². The first-order chi connectivity index (χ1) is 6.34. The molecule has 1 N–H and O–H groups in total. The summed E-state index contributed by atoms with van der Waals surface area (Å²) in [5.74, 6) is 2.79. The van der Waals surface area contributed by atoms with E-state index in [1.54, 1.807) is 0 Å². The van der Waals surface area contributed by atoms with Gasteiger partial charge in [0, 0.05) is 12.0 Å². The highest BCUT2D eigenvalue weighted by Gasteiger charge is 2.31. The van der Waals surface area contributed by atoms with Gasteiger partial charge in [0.1, 0.15) is 5.76 Å². The summed E-state index contributed by atoms with van der Waals surface area (Å²) in [6, 6.07) is 0. The highest BCUT2D eigenvalue weighted by Crippen LogP contribution is 2.39. The Morgan fingerprint density at radius 1 is 1.31 bits per heavy atom. The number of aliphatic hydroxyl groups excluding tert-OH is 1. The largest absolute Gasteiger partial charge is 0.497 e. The minimum Gasteiger partial charge on any atom is -0.497 e. The van der Waals surface area contributed by atoms with Gasteiger partial charge in [-0.3, -0.25) is 0 Å². The second-order valence-corrected chi connectivity index (χ2v) is 3.43. The maximum Gasteiger partial charge on any atom is 0.165 e. The Morgan fingerprint density at radius 3 is 3.15 bits per heavy atom. The zero-order chi connectivity index (χ0) is 8.84. The molecule has 13 heavy (non-hydrogen) atoms. The van der Waals surface area contributed by atoms with Crippen LogP contribution in [0.5, 0.6) is 0 Å². The molecule has 3 nitrogen and oxygen atoms in total. The fourth-order valence-corrected chi connectivity index (χ4v) is 1.74. The van der Waals surface area contributed by atoms with E-state index < -0.39 is 0 Å². The second kappa shape index (κ2) is 2.39. The van der Waals surface area contributed by atoms with Crippen LogP contribution < -0.4 is 0 Å². The molecule has 0 saturated carbocycles. The fraction of sp³-hybridized carbons (Fsp3) is 0.400. The molecule has 0 aromatic carbocycles. The predicted molar refractivity (Wildman–Crippen MR) is 45.5 cm³/mol. The molecular weight excluding hydrogens is 168 g/mol. The summed E-state index contributed by atoms with van der Waals surface area (Å²) in [4.78, 5) is 0. The minimum absolute atomic E-state index is 0.362. The zero-order valence-electron chi connectivity index (χ0n) is 7.12. The van der Waals surface area contributed by atoms with Gasteiger partial charge in [0.15, 0.2) is 11.5 Å². The van der Waals surface area contributed by atoms with E-state index in [4.69, 9.17) is 9.47 Å². The van der Waals surface area contributed by atoms with Gasteiger partial charge < -0.3 is 14.6 Å². The molecule has 1 atom stereocenters. The molecule has 0 bridgehead atoms. The van der Waals surface area contributed by atoms with Gasteiger partial charge in [0.2, 0.25) is 0 Å². The van der Waals surface area contributed by atoms with Gasteiger partial charge in [-0.25, -0.2) is 0 Å². The summed E-state index contributed by atoms with van der Waals surface area (Å²) >= 11 is 0. The summed E-state index contributed by atoms with van der Waals surface area (Å²) < 4.78 is 10.7. The van der Waals surface area contributed by atoms with Crippen LogP contribution in [-0.4, -0.2) is 17.8 Å². The Balaban J connectivity index is 1.98. The van der Waals surface area contributed by atoms with Crippen LogP contribution in [-0.2, 0) is 9.47 Å². The maximum atomic E-state index is 9.68. The van der Waals surface area contributed by atoms with Gasteiger partial charge in [-0.2, -0.15) is 0 Å². The average molecular weight is 178 g/mol. The van der Waals surface area contributed by atoms with Crippen molar-refractivity contribution in [1.29, 1.82) is 0 Å². The van der Waals surface area contributed by atoms with Crippen molar-refractivity contribution in [2.24, 2.45) is 0 Å². The lowest BCUT2D eigenvalue weighted by Crippen LogP contribution is -2.20. The van der Waals surface area contributed by atoms with Crippen molar-refractivity contribution >= 4 is 0 Å². The van der Waals surface area contributed by atoms with E-state index in [0.717, 1.165) is 22.9 Å². The number of allylic oxidation sites excluding steroid dienone is 1. The third-order valence-corrected chi connectivity index (χ3v) is 2.55. The third kappa shape index (κ3) is 1.08. The first-order valence-corrected chi connectivity index (χ1v) is 4.47. The average Bonchev–Trinajstić information content (AvgIpc) is 2.80. The lowest BCUT2D eigenvalue weighted by molar-refractivity contribution is 0.101. The normalized spacial score (nSPS) is 30.1. The highest BCUT2D eigenvalue weighted by molar-refractivity contribution is 5.43. The molecule has 0 saturated heterocycles. The van der Waals surface area contributed by atoms with Crippen LogP contribution in [0.2, 0.25) is 0 Å². The standard InChI is InChI=1S/C10H10O3/c11-7-3-4-12-9-5-10-8(13-10)2-1-6(7)9/h1-2,7,11H,3-5H2. The SMILES string of the molecule is OC1CCOC2=C1C=CC1=C(C2)O1. The lowest BCUT2D eigenvalue weighted by Gasteiger charge is -2.23. The highest BCUT2D eigenvalue weighted by atomic mass is 16.6. The Hall–Kier alpha value is -1.22.